The number of amides is 1. The highest BCUT2D eigenvalue weighted by Crippen LogP contribution is 2.28. The lowest BCUT2D eigenvalue weighted by Crippen LogP contribution is -2.38. The molecular weight excluding hydrogens is 304 g/mol. The van der Waals surface area contributed by atoms with Crippen LogP contribution in [0.25, 0.3) is 0 Å². The number of anilines is 1. The van der Waals surface area contributed by atoms with Gasteiger partial charge in [0.05, 0.1) is 18.5 Å². The Balaban J connectivity index is 2.10. The molecule has 0 atom stereocenters. The molecule has 1 N–H and O–H groups in total. The van der Waals surface area contributed by atoms with Crippen LogP contribution in [-0.2, 0) is 14.8 Å². The van der Waals surface area contributed by atoms with E-state index in [1.165, 1.54) is 11.2 Å². The summed E-state index contributed by atoms with van der Waals surface area (Å²) in [5, 5.41) is 2.74. The maximum Gasteiger partial charge on any atom is 0.232 e. The number of ketones is 1. The number of Topliss-reactive ketones (excluding diaryl/α,β-unsaturated/α-hetero) is 1. The van der Waals surface area contributed by atoms with Crippen molar-refractivity contribution in [1.29, 1.82) is 0 Å². The van der Waals surface area contributed by atoms with Crippen LogP contribution in [-0.4, -0.2) is 39.5 Å². The third kappa shape index (κ3) is 4.30. The Morgan fingerprint density at radius 1 is 1.32 bits per heavy atom. The molecular formula is C15H20N2O4S. The number of sulfonamides is 1. The number of carbonyl (C=O) groups is 2. The fraction of sp³-hybridized carbons (Fsp3) is 0.467. The summed E-state index contributed by atoms with van der Waals surface area (Å²) in [6, 6.07) is 6.47. The van der Waals surface area contributed by atoms with Crippen molar-refractivity contribution < 1.29 is 18.0 Å². The molecule has 1 aliphatic rings. The minimum atomic E-state index is -3.49. The lowest BCUT2D eigenvalue weighted by molar-refractivity contribution is -0.122. The van der Waals surface area contributed by atoms with Gasteiger partial charge < -0.3 is 5.32 Å². The molecule has 0 heterocycles. The molecule has 1 fully saturated rings. The van der Waals surface area contributed by atoms with E-state index in [1.807, 2.05) is 0 Å². The molecule has 120 valence electrons. The molecule has 0 spiro atoms. The summed E-state index contributed by atoms with van der Waals surface area (Å²) in [6.45, 7) is 1.81. The Labute approximate surface area is 130 Å². The van der Waals surface area contributed by atoms with Gasteiger partial charge in [-0.15, -0.1) is 0 Å². The van der Waals surface area contributed by atoms with Gasteiger partial charge in [0.2, 0.25) is 15.9 Å². The maximum atomic E-state index is 12.0. The van der Waals surface area contributed by atoms with Crippen molar-refractivity contribution in [3.05, 3.63) is 29.8 Å². The third-order valence-electron chi connectivity index (χ3n) is 3.50. The summed E-state index contributed by atoms with van der Waals surface area (Å²) in [5.74, 6) is -0.0593. The summed E-state index contributed by atoms with van der Waals surface area (Å²) in [7, 11) is -3.49. The van der Waals surface area contributed by atoms with E-state index in [-0.39, 0.29) is 30.7 Å². The first-order chi connectivity index (χ1) is 10.3. The van der Waals surface area contributed by atoms with Gasteiger partial charge in [0, 0.05) is 18.0 Å². The monoisotopic (exact) mass is 324 g/mol. The van der Waals surface area contributed by atoms with Gasteiger partial charge in [-0.2, -0.15) is 0 Å². The molecule has 22 heavy (non-hydrogen) atoms. The van der Waals surface area contributed by atoms with E-state index < -0.39 is 10.0 Å². The molecule has 1 aromatic rings. The molecule has 2 rings (SSSR count). The Kier molecular flexibility index (Phi) is 4.85. The topological polar surface area (TPSA) is 83.6 Å². The second kappa shape index (κ2) is 6.48. The molecule has 0 radical (unpaired) electrons. The van der Waals surface area contributed by atoms with Gasteiger partial charge in [-0.1, -0.05) is 12.1 Å². The van der Waals surface area contributed by atoms with E-state index in [0.717, 1.165) is 19.1 Å². The van der Waals surface area contributed by atoms with Gasteiger partial charge in [0.15, 0.2) is 5.78 Å². The number of carbonyl (C=O) groups excluding carboxylic acids is 2. The normalized spacial score (nSPS) is 14.5. The first-order valence-electron chi connectivity index (χ1n) is 7.15. The zero-order valence-corrected chi connectivity index (χ0v) is 13.5. The van der Waals surface area contributed by atoms with E-state index in [4.69, 9.17) is 0 Å². The van der Waals surface area contributed by atoms with Crippen molar-refractivity contribution in [2.75, 3.05) is 23.7 Å². The van der Waals surface area contributed by atoms with Crippen LogP contribution in [0.4, 0.5) is 5.69 Å². The van der Waals surface area contributed by atoms with Crippen LogP contribution in [0.3, 0.4) is 0 Å². The Morgan fingerprint density at radius 2 is 2.00 bits per heavy atom. The van der Waals surface area contributed by atoms with Crippen LogP contribution in [0, 0.1) is 5.92 Å². The van der Waals surface area contributed by atoms with E-state index in [9.17, 15) is 18.0 Å². The molecule has 0 unspecified atom stereocenters. The minimum absolute atomic E-state index is 0.0223. The van der Waals surface area contributed by atoms with Crippen LogP contribution >= 0.6 is 0 Å². The van der Waals surface area contributed by atoms with E-state index in [0.29, 0.717) is 11.3 Å². The number of hydrogen-bond acceptors (Lipinski definition) is 4. The van der Waals surface area contributed by atoms with Crippen molar-refractivity contribution in [1.82, 2.24) is 5.32 Å². The van der Waals surface area contributed by atoms with Gasteiger partial charge in [0.25, 0.3) is 0 Å². The van der Waals surface area contributed by atoms with Crippen LogP contribution in [0.5, 0.6) is 0 Å². The molecule has 6 nitrogen and oxygen atoms in total. The quantitative estimate of drug-likeness (QED) is 0.764. The molecule has 1 saturated carbocycles. The van der Waals surface area contributed by atoms with Crippen molar-refractivity contribution in [3.8, 4) is 0 Å². The fourth-order valence-electron chi connectivity index (χ4n) is 2.14. The summed E-state index contributed by atoms with van der Waals surface area (Å²) >= 11 is 0. The molecule has 0 saturated heterocycles. The highest BCUT2D eigenvalue weighted by molar-refractivity contribution is 7.92. The number of benzene rings is 1. The number of rotatable bonds is 7. The predicted octanol–water partition coefficient (Wildman–Crippen LogP) is 1.18. The Morgan fingerprint density at radius 3 is 2.55 bits per heavy atom. The van der Waals surface area contributed by atoms with Crippen LogP contribution < -0.4 is 9.62 Å². The summed E-state index contributed by atoms with van der Waals surface area (Å²) < 4.78 is 25.1. The van der Waals surface area contributed by atoms with Crippen molar-refractivity contribution in [3.63, 3.8) is 0 Å². The molecule has 0 aromatic heterocycles. The van der Waals surface area contributed by atoms with Gasteiger partial charge in [-0.3, -0.25) is 13.9 Å². The van der Waals surface area contributed by atoms with E-state index >= 15 is 0 Å². The van der Waals surface area contributed by atoms with Crippen LogP contribution in [0.15, 0.2) is 24.3 Å². The molecule has 1 aliphatic carbocycles. The van der Waals surface area contributed by atoms with Crippen molar-refractivity contribution >= 4 is 27.4 Å². The highest BCUT2D eigenvalue weighted by Gasteiger charge is 2.29. The maximum absolute atomic E-state index is 12.0. The van der Waals surface area contributed by atoms with Crippen molar-refractivity contribution in [2.45, 2.75) is 19.8 Å². The average molecular weight is 324 g/mol. The second-order valence-corrected chi connectivity index (χ2v) is 7.41. The zero-order chi connectivity index (χ0) is 16.3. The largest absolute Gasteiger partial charge is 0.354 e. The lowest BCUT2D eigenvalue weighted by Gasteiger charge is -2.23. The lowest BCUT2D eigenvalue weighted by atomic mass is 10.1. The first kappa shape index (κ1) is 16.5. The van der Waals surface area contributed by atoms with Crippen LogP contribution in [0.2, 0.25) is 0 Å². The van der Waals surface area contributed by atoms with Gasteiger partial charge in [-0.05, 0) is 31.9 Å². The van der Waals surface area contributed by atoms with Crippen LogP contribution in [0.1, 0.15) is 30.1 Å². The van der Waals surface area contributed by atoms with E-state index in [1.54, 1.807) is 24.3 Å². The molecule has 1 amide bonds. The van der Waals surface area contributed by atoms with Gasteiger partial charge >= 0.3 is 0 Å². The van der Waals surface area contributed by atoms with Gasteiger partial charge in [0.1, 0.15) is 0 Å². The molecule has 0 bridgehead atoms. The standard InChI is InChI=1S/C15H20N2O4S/c1-11(18)13-4-3-5-14(10-13)17(22(2,20)21)9-8-16-15(19)12-6-7-12/h3-5,10,12H,6-9H2,1-2H3,(H,16,19). The number of hydrogen-bond donors (Lipinski definition) is 1. The first-order valence-corrected chi connectivity index (χ1v) is 9.00. The molecule has 7 heteroatoms. The minimum Gasteiger partial charge on any atom is -0.354 e. The molecule has 1 aromatic carbocycles. The Bertz CT molecular complexity index is 681. The Hall–Kier alpha value is -1.89. The summed E-state index contributed by atoms with van der Waals surface area (Å²) in [4.78, 5) is 23.0. The summed E-state index contributed by atoms with van der Waals surface area (Å²) in [5.41, 5.74) is 0.879. The number of nitrogens with zero attached hydrogens (tertiary/aromatic N) is 1. The van der Waals surface area contributed by atoms with Crippen molar-refractivity contribution in [2.24, 2.45) is 5.92 Å². The average Bonchev–Trinajstić information content (AvgIpc) is 3.26. The van der Waals surface area contributed by atoms with E-state index in [2.05, 4.69) is 5.32 Å². The highest BCUT2D eigenvalue weighted by atomic mass is 32.2. The smallest absolute Gasteiger partial charge is 0.232 e. The van der Waals surface area contributed by atoms with Gasteiger partial charge in [-0.25, -0.2) is 8.42 Å². The number of nitrogens with one attached hydrogen (secondary N) is 1. The second-order valence-electron chi connectivity index (χ2n) is 5.51. The summed E-state index contributed by atoms with van der Waals surface area (Å²) in [6.07, 6.45) is 2.92. The fourth-order valence-corrected chi connectivity index (χ4v) is 3.06. The molecule has 0 aliphatic heterocycles. The SMILES string of the molecule is CC(=O)c1cccc(N(CCNC(=O)C2CC2)S(C)(=O)=O)c1. The predicted molar refractivity (Wildman–Crippen MR) is 84.4 cm³/mol. The zero-order valence-electron chi connectivity index (χ0n) is 12.7. The third-order valence-corrected chi connectivity index (χ3v) is 4.70.